The van der Waals surface area contributed by atoms with Gasteiger partial charge < -0.3 is 5.32 Å². The molecule has 0 aliphatic heterocycles. The maximum atomic E-state index is 12.4. The van der Waals surface area contributed by atoms with E-state index < -0.39 is 0 Å². The smallest absolute Gasteiger partial charge is 0.255 e. The van der Waals surface area contributed by atoms with Crippen molar-refractivity contribution in [1.29, 1.82) is 0 Å². The minimum atomic E-state index is -0.154. The molecule has 8 heteroatoms. The highest BCUT2D eigenvalue weighted by Crippen LogP contribution is 2.21. The second kappa shape index (κ2) is 6.17. The van der Waals surface area contributed by atoms with E-state index in [1.807, 2.05) is 30.3 Å². The fourth-order valence-corrected chi connectivity index (χ4v) is 3.00. The molecule has 2 aromatic carbocycles. The second-order valence-electron chi connectivity index (χ2n) is 5.19. The van der Waals surface area contributed by atoms with Crippen LogP contribution in [0.4, 0.5) is 5.69 Å². The molecule has 2 heterocycles. The quantitative estimate of drug-likeness (QED) is 0.619. The van der Waals surface area contributed by atoms with Crippen LogP contribution in [0.25, 0.3) is 10.2 Å². The van der Waals surface area contributed by atoms with Crippen LogP contribution < -0.4 is 5.32 Å². The van der Waals surface area contributed by atoms with E-state index in [0.29, 0.717) is 12.1 Å². The number of amides is 1. The molecule has 0 saturated heterocycles. The van der Waals surface area contributed by atoms with Gasteiger partial charge in [0.05, 0.1) is 22.3 Å². The van der Waals surface area contributed by atoms with Gasteiger partial charge in [0.25, 0.3) is 5.91 Å². The first-order valence-electron chi connectivity index (χ1n) is 7.22. The summed E-state index contributed by atoms with van der Waals surface area (Å²) in [6.45, 7) is 0.565. The fraction of sp³-hybridized carbons (Fsp3) is 0.0625. The molecule has 0 aliphatic rings. The lowest BCUT2D eigenvalue weighted by molar-refractivity contribution is 0.102. The Balaban J connectivity index is 1.47. The summed E-state index contributed by atoms with van der Waals surface area (Å²) in [6, 6.07) is 13.1. The Labute approximate surface area is 141 Å². The maximum absolute atomic E-state index is 12.4. The summed E-state index contributed by atoms with van der Waals surface area (Å²) >= 11 is 1.57. The van der Waals surface area contributed by atoms with Gasteiger partial charge in [0, 0.05) is 11.3 Å². The summed E-state index contributed by atoms with van der Waals surface area (Å²) in [4.78, 5) is 16.6. The van der Waals surface area contributed by atoms with Crippen molar-refractivity contribution >= 4 is 33.1 Å². The number of anilines is 1. The molecule has 24 heavy (non-hydrogen) atoms. The summed E-state index contributed by atoms with van der Waals surface area (Å²) < 4.78 is 2.72. The number of hydrogen-bond acceptors (Lipinski definition) is 6. The Hall–Kier alpha value is -3.13. The zero-order valence-electron chi connectivity index (χ0n) is 12.5. The SMILES string of the molecule is O=C(Nc1ccc2scnc2c1)c1ccc(Cn2cnnn2)cc1. The van der Waals surface area contributed by atoms with Crippen LogP contribution in [0.5, 0.6) is 0 Å². The van der Waals surface area contributed by atoms with Crippen molar-refractivity contribution in [3.63, 3.8) is 0 Å². The molecule has 2 aromatic heterocycles. The summed E-state index contributed by atoms with van der Waals surface area (Å²) in [5, 5.41) is 13.9. The molecule has 4 rings (SSSR count). The molecule has 118 valence electrons. The van der Waals surface area contributed by atoms with Crippen LogP contribution >= 0.6 is 11.3 Å². The number of rotatable bonds is 4. The molecule has 0 radical (unpaired) electrons. The van der Waals surface area contributed by atoms with Gasteiger partial charge in [-0.3, -0.25) is 4.79 Å². The number of nitrogens with zero attached hydrogens (tertiary/aromatic N) is 5. The molecule has 0 saturated carbocycles. The minimum absolute atomic E-state index is 0.154. The van der Waals surface area contributed by atoms with E-state index in [0.717, 1.165) is 21.5 Å². The lowest BCUT2D eigenvalue weighted by atomic mass is 10.1. The number of fused-ring (bicyclic) bond motifs is 1. The van der Waals surface area contributed by atoms with Gasteiger partial charge in [0.2, 0.25) is 0 Å². The predicted molar refractivity (Wildman–Crippen MR) is 90.9 cm³/mol. The van der Waals surface area contributed by atoms with Crippen LogP contribution in [0.2, 0.25) is 0 Å². The molecule has 0 bridgehead atoms. The highest BCUT2D eigenvalue weighted by Gasteiger charge is 2.07. The second-order valence-corrected chi connectivity index (χ2v) is 6.08. The molecule has 0 unspecified atom stereocenters. The average Bonchev–Trinajstić information content (AvgIpc) is 3.26. The maximum Gasteiger partial charge on any atom is 0.255 e. The highest BCUT2D eigenvalue weighted by molar-refractivity contribution is 7.16. The lowest BCUT2D eigenvalue weighted by Crippen LogP contribution is -2.12. The summed E-state index contributed by atoms with van der Waals surface area (Å²) in [6.07, 6.45) is 1.55. The van der Waals surface area contributed by atoms with Gasteiger partial charge in [-0.1, -0.05) is 12.1 Å². The first kappa shape index (κ1) is 14.5. The molecule has 0 spiro atoms. The topological polar surface area (TPSA) is 85.6 Å². The first-order chi connectivity index (χ1) is 11.8. The Morgan fingerprint density at radius 1 is 1.17 bits per heavy atom. The fourth-order valence-electron chi connectivity index (χ4n) is 2.34. The van der Waals surface area contributed by atoms with Crippen molar-refractivity contribution in [3.05, 3.63) is 65.4 Å². The number of benzene rings is 2. The molecule has 0 atom stereocenters. The number of carbonyl (C=O) groups excluding carboxylic acids is 1. The molecule has 1 amide bonds. The van der Waals surface area contributed by atoms with E-state index in [1.54, 1.807) is 40.0 Å². The van der Waals surface area contributed by atoms with Crippen molar-refractivity contribution in [2.45, 2.75) is 6.54 Å². The van der Waals surface area contributed by atoms with Gasteiger partial charge in [0.15, 0.2) is 0 Å². The number of hydrogen-bond donors (Lipinski definition) is 1. The minimum Gasteiger partial charge on any atom is -0.322 e. The van der Waals surface area contributed by atoms with Crippen molar-refractivity contribution in [3.8, 4) is 0 Å². The summed E-state index contributed by atoms with van der Waals surface area (Å²) in [5.41, 5.74) is 5.02. The van der Waals surface area contributed by atoms with Gasteiger partial charge in [-0.05, 0) is 46.3 Å². The Morgan fingerprint density at radius 2 is 2.04 bits per heavy atom. The van der Waals surface area contributed by atoms with Gasteiger partial charge in [0.1, 0.15) is 6.33 Å². The Morgan fingerprint density at radius 3 is 2.83 bits per heavy atom. The summed E-state index contributed by atoms with van der Waals surface area (Å²) in [7, 11) is 0. The van der Waals surface area contributed by atoms with E-state index in [-0.39, 0.29) is 5.91 Å². The average molecular weight is 336 g/mol. The molecular formula is C16H12N6OS. The number of tetrazole rings is 1. The molecule has 1 N–H and O–H groups in total. The highest BCUT2D eigenvalue weighted by atomic mass is 32.1. The Kier molecular flexibility index (Phi) is 3.72. The zero-order valence-corrected chi connectivity index (χ0v) is 13.3. The molecule has 4 aromatic rings. The van der Waals surface area contributed by atoms with Gasteiger partial charge in [-0.2, -0.15) is 0 Å². The largest absolute Gasteiger partial charge is 0.322 e. The third-order valence-electron chi connectivity index (χ3n) is 3.54. The summed E-state index contributed by atoms with van der Waals surface area (Å²) in [5.74, 6) is -0.154. The first-order valence-corrected chi connectivity index (χ1v) is 8.10. The van der Waals surface area contributed by atoms with E-state index in [9.17, 15) is 4.79 Å². The molecular weight excluding hydrogens is 324 g/mol. The van der Waals surface area contributed by atoms with Gasteiger partial charge in [-0.15, -0.1) is 16.4 Å². The third kappa shape index (κ3) is 2.99. The van der Waals surface area contributed by atoms with E-state index in [4.69, 9.17) is 0 Å². The van der Waals surface area contributed by atoms with Crippen molar-refractivity contribution in [2.75, 3.05) is 5.32 Å². The van der Waals surface area contributed by atoms with Crippen LogP contribution in [0, 0.1) is 0 Å². The Bertz CT molecular complexity index is 977. The van der Waals surface area contributed by atoms with Crippen molar-refractivity contribution < 1.29 is 4.79 Å². The zero-order chi connectivity index (χ0) is 16.4. The number of carbonyl (C=O) groups is 1. The van der Waals surface area contributed by atoms with Gasteiger partial charge >= 0.3 is 0 Å². The monoisotopic (exact) mass is 336 g/mol. The normalized spacial score (nSPS) is 10.8. The number of nitrogens with one attached hydrogen (secondary N) is 1. The van der Waals surface area contributed by atoms with E-state index in [1.165, 1.54) is 0 Å². The molecule has 0 aliphatic carbocycles. The number of thiazole rings is 1. The standard InChI is InChI=1S/C16H12N6OS/c23-16(19-13-5-6-15-14(7-13)17-10-24-15)12-3-1-11(2-4-12)8-22-9-18-20-21-22/h1-7,9-10H,8H2,(H,19,23). The molecule has 0 fully saturated rings. The van der Waals surface area contributed by atoms with Crippen molar-refractivity contribution in [1.82, 2.24) is 25.2 Å². The lowest BCUT2D eigenvalue weighted by Gasteiger charge is -2.06. The van der Waals surface area contributed by atoms with Crippen LogP contribution in [0.1, 0.15) is 15.9 Å². The van der Waals surface area contributed by atoms with E-state index in [2.05, 4.69) is 25.8 Å². The number of aromatic nitrogens is 5. The molecule has 7 nitrogen and oxygen atoms in total. The van der Waals surface area contributed by atoms with Crippen molar-refractivity contribution in [2.24, 2.45) is 0 Å². The third-order valence-corrected chi connectivity index (χ3v) is 4.35. The van der Waals surface area contributed by atoms with Crippen LogP contribution in [-0.2, 0) is 6.54 Å². The van der Waals surface area contributed by atoms with Crippen LogP contribution in [0.3, 0.4) is 0 Å². The van der Waals surface area contributed by atoms with Crippen LogP contribution in [0.15, 0.2) is 54.3 Å². The van der Waals surface area contributed by atoms with Crippen LogP contribution in [-0.4, -0.2) is 31.1 Å². The predicted octanol–water partition coefficient (Wildman–Crippen LogP) is 2.58. The van der Waals surface area contributed by atoms with Gasteiger partial charge in [-0.25, -0.2) is 9.67 Å². The van der Waals surface area contributed by atoms with E-state index >= 15 is 0 Å².